The van der Waals surface area contributed by atoms with Crippen LogP contribution in [0.25, 0.3) is 5.69 Å². The third-order valence-corrected chi connectivity index (χ3v) is 4.87. The second-order valence-electron chi connectivity index (χ2n) is 7.49. The average molecular weight is 482 g/mol. The standard InChI is InChI=1S/C23H22N4O8/c1-12-5-7-15(8-6-12)27-20(24)19(21(30)25(4)22(27)31)26(23(32)33)16-9-10-17(34-13(2)28)18(11-16)35-14(3)29/h5-11H,24H2,1-4H3,(H,32,33). The fourth-order valence-electron chi connectivity index (χ4n) is 3.31. The van der Waals surface area contributed by atoms with Gasteiger partial charge in [-0.2, -0.15) is 0 Å². The minimum absolute atomic E-state index is 0.146. The van der Waals surface area contributed by atoms with Gasteiger partial charge >= 0.3 is 23.7 Å². The number of carbonyl (C=O) groups is 3. The van der Waals surface area contributed by atoms with E-state index in [1.165, 1.54) is 19.2 Å². The van der Waals surface area contributed by atoms with E-state index in [2.05, 4.69) is 0 Å². The summed E-state index contributed by atoms with van der Waals surface area (Å²) in [6.07, 6.45) is -1.61. The normalized spacial score (nSPS) is 10.5. The van der Waals surface area contributed by atoms with Gasteiger partial charge < -0.3 is 20.3 Å². The summed E-state index contributed by atoms with van der Waals surface area (Å²) < 4.78 is 11.8. The Kier molecular flexibility index (Phi) is 6.76. The highest BCUT2D eigenvalue weighted by atomic mass is 16.6. The molecule has 0 spiro atoms. The molecular formula is C23H22N4O8. The minimum atomic E-state index is -1.61. The van der Waals surface area contributed by atoms with Crippen LogP contribution in [0.5, 0.6) is 11.5 Å². The Bertz CT molecular complexity index is 1450. The van der Waals surface area contributed by atoms with E-state index in [1.54, 1.807) is 24.3 Å². The smallest absolute Gasteiger partial charge is 0.416 e. The van der Waals surface area contributed by atoms with E-state index < -0.39 is 40.8 Å². The summed E-state index contributed by atoms with van der Waals surface area (Å²) in [5.41, 5.74) is 4.97. The van der Waals surface area contributed by atoms with Crippen molar-refractivity contribution in [3.63, 3.8) is 0 Å². The Hall–Kier alpha value is -4.87. The predicted octanol–water partition coefficient (Wildman–Crippen LogP) is 2.09. The maximum Gasteiger partial charge on any atom is 0.416 e. The molecule has 0 radical (unpaired) electrons. The van der Waals surface area contributed by atoms with Gasteiger partial charge in [-0.1, -0.05) is 17.7 Å². The molecule has 3 N–H and O–H groups in total. The van der Waals surface area contributed by atoms with E-state index in [0.717, 1.165) is 34.6 Å². The number of anilines is 3. The van der Waals surface area contributed by atoms with Crippen molar-refractivity contribution in [1.29, 1.82) is 0 Å². The van der Waals surface area contributed by atoms with Gasteiger partial charge in [0.2, 0.25) is 0 Å². The second kappa shape index (κ2) is 9.55. The number of ether oxygens (including phenoxy) is 2. The third kappa shape index (κ3) is 4.90. The summed E-state index contributed by atoms with van der Waals surface area (Å²) in [5, 5.41) is 10.0. The molecule has 1 aromatic heterocycles. The van der Waals surface area contributed by atoms with Crippen LogP contribution < -0.4 is 31.4 Å². The Morgan fingerprint density at radius 3 is 2.06 bits per heavy atom. The molecule has 0 atom stereocenters. The molecule has 0 saturated heterocycles. The van der Waals surface area contributed by atoms with E-state index >= 15 is 0 Å². The van der Waals surface area contributed by atoms with Crippen molar-refractivity contribution < 1.29 is 29.0 Å². The molecule has 12 nitrogen and oxygen atoms in total. The fraction of sp³-hybridized carbons (Fsp3) is 0.174. The number of esters is 2. The van der Waals surface area contributed by atoms with Crippen LogP contribution in [0.4, 0.5) is 22.0 Å². The lowest BCUT2D eigenvalue weighted by Gasteiger charge is -2.23. The lowest BCUT2D eigenvalue weighted by molar-refractivity contribution is -0.134. The number of nitrogens with zero attached hydrogens (tertiary/aromatic N) is 3. The maximum atomic E-state index is 13.1. The predicted molar refractivity (Wildman–Crippen MR) is 126 cm³/mol. The lowest BCUT2D eigenvalue weighted by atomic mass is 10.2. The molecule has 3 rings (SSSR count). The van der Waals surface area contributed by atoms with E-state index in [1.807, 2.05) is 6.92 Å². The zero-order valence-corrected chi connectivity index (χ0v) is 19.3. The molecule has 3 aromatic rings. The molecule has 0 bridgehead atoms. The summed E-state index contributed by atoms with van der Waals surface area (Å²) in [6, 6.07) is 10.1. The van der Waals surface area contributed by atoms with Crippen molar-refractivity contribution >= 4 is 35.2 Å². The number of aryl methyl sites for hydroxylation is 1. The molecule has 0 saturated carbocycles. The molecule has 0 unspecified atom stereocenters. The van der Waals surface area contributed by atoms with Crippen molar-refractivity contribution in [1.82, 2.24) is 9.13 Å². The molecule has 1 heterocycles. The van der Waals surface area contributed by atoms with Crippen LogP contribution in [0.15, 0.2) is 52.1 Å². The van der Waals surface area contributed by atoms with Gasteiger partial charge in [0.15, 0.2) is 17.2 Å². The van der Waals surface area contributed by atoms with Crippen LogP contribution in [0.1, 0.15) is 19.4 Å². The van der Waals surface area contributed by atoms with Crippen LogP contribution >= 0.6 is 0 Å². The number of amides is 1. The topological polar surface area (TPSA) is 163 Å². The van der Waals surface area contributed by atoms with Crippen molar-refractivity contribution in [2.24, 2.45) is 7.05 Å². The van der Waals surface area contributed by atoms with Gasteiger partial charge in [0.1, 0.15) is 5.82 Å². The number of nitrogen functional groups attached to an aromatic ring is 1. The van der Waals surface area contributed by atoms with Crippen molar-refractivity contribution in [3.05, 3.63) is 68.9 Å². The molecule has 0 aliphatic rings. The van der Waals surface area contributed by atoms with Crippen molar-refractivity contribution in [3.8, 4) is 17.2 Å². The van der Waals surface area contributed by atoms with Crippen LogP contribution in [0.2, 0.25) is 0 Å². The fourth-order valence-corrected chi connectivity index (χ4v) is 3.31. The Labute approximate surface area is 198 Å². The summed E-state index contributed by atoms with van der Waals surface area (Å²) in [5.74, 6) is -2.31. The zero-order valence-electron chi connectivity index (χ0n) is 19.3. The molecule has 0 aliphatic carbocycles. The molecule has 12 heteroatoms. The first-order valence-electron chi connectivity index (χ1n) is 10.1. The Morgan fingerprint density at radius 2 is 1.51 bits per heavy atom. The van der Waals surface area contributed by atoms with Crippen LogP contribution in [0.3, 0.4) is 0 Å². The van der Waals surface area contributed by atoms with Crippen LogP contribution in [0, 0.1) is 6.92 Å². The van der Waals surface area contributed by atoms with Gasteiger partial charge in [0, 0.05) is 27.0 Å². The number of aromatic nitrogens is 2. The average Bonchev–Trinajstić information content (AvgIpc) is 2.77. The summed E-state index contributed by atoms with van der Waals surface area (Å²) in [6.45, 7) is 4.08. The van der Waals surface area contributed by atoms with Gasteiger partial charge in [0.25, 0.3) is 5.56 Å². The molecule has 1 amide bonds. The molecular weight excluding hydrogens is 460 g/mol. The van der Waals surface area contributed by atoms with E-state index in [0.29, 0.717) is 10.6 Å². The summed E-state index contributed by atoms with van der Waals surface area (Å²) in [7, 11) is 1.19. The number of hydrogen-bond acceptors (Lipinski definition) is 8. The van der Waals surface area contributed by atoms with Gasteiger partial charge in [-0.15, -0.1) is 0 Å². The van der Waals surface area contributed by atoms with E-state index in [9.17, 15) is 29.1 Å². The SMILES string of the molecule is CC(=O)Oc1ccc(N(C(=O)O)c2c(N)n(-c3ccc(C)cc3)c(=O)n(C)c2=O)cc1OC(C)=O. The number of rotatable bonds is 5. The number of nitrogens with two attached hydrogens (primary N) is 1. The molecule has 0 fully saturated rings. The van der Waals surface area contributed by atoms with Gasteiger partial charge in [-0.05, 0) is 31.2 Å². The summed E-state index contributed by atoms with van der Waals surface area (Å²) >= 11 is 0. The highest BCUT2D eigenvalue weighted by molar-refractivity contribution is 5.98. The largest absolute Gasteiger partial charge is 0.464 e. The first-order chi connectivity index (χ1) is 16.4. The first kappa shape index (κ1) is 24.8. The summed E-state index contributed by atoms with van der Waals surface area (Å²) in [4.78, 5) is 61.7. The highest BCUT2D eigenvalue weighted by Crippen LogP contribution is 2.36. The molecule has 0 aliphatic heterocycles. The Morgan fingerprint density at radius 1 is 0.943 bits per heavy atom. The first-order valence-corrected chi connectivity index (χ1v) is 10.1. The quantitative estimate of drug-likeness (QED) is 0.409. The Balaban J connectivity index is 2.31. The molecule has 2 aromatic carbocycles. The van der Waals surface area contributed by atoms with Crippen LogP contribution in [-0.2, 0) is 16.6 Å². The van der Waals surface area contributed by atoms with Crippen molar-refractivity contribution in [2.45, 2.75) is 20.8 Å². The molecule has 182 valence electrons. The number of carbonyl (C=O) groups excluding carboxylic acids is 2. The third-order valence-electron chi connectivity index (χ3n) is 4.87. The minimum Gasteiger partial charge on any atom is -0.464 e. The lowest BCUT2D eigenvalue weighted by Crippen LogP contribution is -2.43. The van der Waals surface area contributed by atoms with E-state index in [4.69, 9.17) is 15.2 Å². The van der Waals surface area contributed by atoms with Gasteiger partial charge in [-0.3, -0.25) is 19.0 Å². The van der Waals surface area contributed by atoms with Crippen molar-refractivity contribution in [2.75, 3.05) is 10.6 Å². The maximum absolute atomic E-state index is 13.1. The van der Waals surface area contributed by atoms with Crippen LogP contribution in [-0.4, -0.2) is 32.3 Å². The zero-order chi connectivity index (χ0) is 26.0. The van der Waals surface area contributed by atoms with Gasteiger partial charge in [-0.25, -0.2) is 19.1 Å². The number of benzene rings is 2. The number of carboxylic acid groups (broad SMARTS) is 1. The highest BCUT2D eigenvalue weighted by Gasteiger charge is 2.28. The monoisotopic (exact) mass is 482 g/mol. The molecule has 35 heavy (non-hydrogen) atoms. The number of hydrogen-bond donors (Lipinski definition) is 2. The second-order valence-corrected chi connectivity index (χ2v) is 7.49. The van der Waals surface area contributed by atoms with Gasteiger partial charge in [0.05, 0.1) is 11.4 Å². The van der Waals surface area contributed by atoms with E-state index in [-0.39, 0.29) is 17.2 Å².